The minimum absolute atomic E-state index is 0.0906. The highest BCUT2D eigenvalue weighted by Gasteiger charge is 2.38. The number of hydrogen-bond donors (Lipinski definition) is 0. The molecule has 0 atom stereocenters. The first kappa shape index (κ1) is 11.4. The summed E-state index contributed by atoms with van der Waals surface area (Å²) in [4.78, 5) is 2.38. The maximum Gasteiger partial charge on any atom is 0.123 e. The second-order valence-corrected chi connectivity index (χ2v) is 5.78. The zero-order valence-electron chi connectivity index (χ0n) is 10.2. The van der Waals surface area contributed by atoms with Gasteiger partial charge in [-0.1, -0.05) is 11.6 Å². The van der Waals surface area contributed by atoms with E-state index in [1.54, 1.807) is 0 Å². The Morgan fingerprint density at radius 2 is 2.00 bits per heavy atom. The normalized spacial score (nSPS) is 23.2. The Morgan fingerprint density at radius 1 is 1.24 bits per heavy atom. The Bertz CT molecular complexity index is 424. The molecular weight excluding hydrogens is 234 g/mol. The summed E-state index contributed by atoms with van der Waals surface area (Å²) in [5.74, 6) is 1.05. The molecule has 2 nitrogen and oxygen atoms in total. The van der Waals surface area contributed by atoms with Gasteiger partial charge in [-0.2, -0.15) is 0 Å². The molecule has 1 aromatic rings. The van der Waals surface area contributed by atoms with Gasteiger partial charge in [-0.15, -0.1) is 0 Å². The molecule has 2 heterocycles. The van der Waals surface area contributed by atoms with Gasteiger partial charge in [-0.05, 0) is 56.5 Å². The summed E-state index contributed by atoms with van der Waals surface area (Å²) in [6.07, 6.45) is 4.52. The predicted octanol–water partition coefficient (Wildman–Crippen LogP) is 3.13. The molecule has 1 fully saturated rings. The third-order valence-electron chi connectivity index (χ3n) is 4.10. The first-order valence-corrected chi connectivity index (χ1v) is 6.71. The van der Waals surface area contributed by atoms with Crippen molar-refractivity contribution in [3.63, 3.8) is 0 Å². The number of benzene rings is 1. The lowest BCUT2D eigenvalue weighted by Crippen LogP contribution is -2.48. The van der Waals surface area contributed by atoms with Gasteiger partial charge in [-0.3, -0.25) is 0 Å². The van der Waals surface area contributed by atoms with Gasteiger partial charge < -0.3 is 9.64 Å². The van der Waals surface area contributed by atoms with Crippen LogP contribution in [0, 0.1) is 0 Å². The van der Waals surface area contributed by atoms with Crippen LogP contribution >= 0.6 is 11.6 Å². The van der Waals surface area contributed by atoms with Crippen molar-refractivity contribution < 1.29 is 4.74 Å². The summed E-state index contributed by atoms with van der Waals surface area (Å²) < 4.78 is 6.28. The van der Waals surface area contributed by atoms with Gasteiger partial charge >= 0.3 is 0 Å². The molecule has 2 aliphatic heterocycles. The minimum Gasteiger partial charge on any atom is -0.487 e. The van der Waals surface area contributed by atoms with E-state index in [1.807, 2.05) is 18.2 Å². The standard InChI is InChI=1S/C14H18ClNO/c1-16-8-6-14(7-9-16)5-4-11-10-12(15)2-3-13(11)17-14/h2-3,10H,4-9H2,1H3. The summed E-state index contributed by atoms with van der Waals surface area (Å²) in [6.45, 7) is 2.28. The topological polar surface area (TPSA) is 12.5 Å². The van der Waals surface area contributed by atoms with Crippen molar-refractivity contribution in [2.75, 3.05) is 20.1 Å². The van der Waals surface area contributed by atoms with E-state index in [4.69, 9.17) is 16.3 Å². The van der Waals surface area contributed by atoms with E-state index in [0.717, 1.165) is 49.5 Å². The lowest BCUT2D eigenvalue weighted by atomic mass is 9.83. The van der Waals surface area contributed by atoms with Crippen molar-refractivity contribution in [3.8, 4) is 5.75 Å². The Kier molecular flexibility index (Phi) is 2.80. The quantitative estimate of drug-likeness (QED) is 0.703. The molecule has 0 radical (unpaired) electrons. The van der Waals surface area contributed by atoms with Crippen LogP contribution in [0.1, 0.15) is 24.8 Å². The Morgan fingerprint density at radius 3 is 2.76 bits per heavy atom. The van der Waals surface area contributed by atoms with Gasteiger partial charge in [0.2, 0.25) is 0 Å². The number of ether oxygens (including phenoxy) is 1. The average Bonchev–Trinajstić information content (AvgIpc) is 2.34. The number of fused-ring (bicyclic) bond motifs is 1. The van der Waals surface area contributed by atoms with E-state index in [2.05, 4.69) is 11.9 Å². The zero-order chi connectivity index (χ0) is 11.9. The first-order valence-electron chi connectivity index (χ1n) is 6.33. The highest BCUT2D eigenvalue weighted by molar-refractivity contribution is 6.30. The van der Waals surface area contributed by atoms with Crippen LogP contribution in [0.3, 0.4) is 0 Å². The van der Waals surface area contributed by atoms with E-state index in [9.17, 15) is 0 Å². The van der Waals surface area contributed by atoms with Crippen molar-refractivity contribution in [2.24, 2.45) is 0 Å². The van der Waals surface area contributed by atoms with Crippen LogP contribution in [0.2, 0.25) is 5.02 Å². The maximum absolute atomic E-state index is 6.28. The number of nitrogens with zero attached hydrogens (tertiary/aromatic N) is 1. The van der Waals surface area contributed by atoms with Crippen LogP contribution in [0.15, 0.2) is 18.2 Å². The second-order valence-electron chi connectivity index (χ2n) is 5.34. The molecule has 0 aromatic heterocycles. The molecule has 17 heavy (non-hydrogen) atoms. The second kappa shape index (κ2) is 4.18. The number of hydrogen-bond acceptors (Lipinski definition) is 2. The van der Waals surface area contributed by atoms with Crippen molar-refractivity contribution in [2.45, 2.75) is 31.3 Å². The molecule has 3 heteroatoms. The van der Waals surface area contributed by atoms with E-state index in [-0.39, 0.29) is 5.60 Å². The van der Waals surface area contributed by atoms with Gasteiger partial charge in [0.15, 0.2) is 0 Å². The highest BCUT2D eigenvalue weighted by atomic mass is 35.5. The number of piperidine rings is 1. The number of likely N-dealkylation sites (tertiary alicyclic amines) is 1. The van der Waals surface area contributed by atoms with Crippen molar-refractivity contribution in [1.29, 1.82) is 0 Å². The fourth-order valence-electron chi connectivity index (χ4n) is 2.87. The van der Waals surface area contributed by atoms with E-state index in [0.29, 0.717) is 0 Å². The molecule has 0 N–H and O–H groups in total. The minimum atomic E-state index is 0.0906. The van der Waals surface area contributed by atoms with Gasteiger partial charge in [0, 0.05) is 18.1 Å². The lowest BCUT2D eigenvalue weighted by Gasteiger charge is -2.43. The summed E-state index contributed by atoms with van der Waals surface area (Å²) >= 11 is 6.01. The summed E-state index contributed by atoms with van der Waals surface area (Å²) in [7, 11) is 2.18. The first-order chi connectivity index (χ1) is 8.17. The Balaban J connectivity index is 1.83. The van der Waals surface area contributed by atoms with Crippen LogP contribution < -0.4 is 4.74 Å². The Hall–Kier alpha value is -0.730. The third kappa shape index (κ3) is 2.16. The molecule has 92 valence electrons. The molecule has 0 amide bonds. The molecule has 0 bridgehead atoms. The predicted molar refractivity (Wildman–Crippen MR) is 69.9 cm³/mol. The largest absolute Gasteiger partial charge is 0.487 e. The fourth-order valence-corrected chi connectivity index (χ4v) is 3.06. The van der Waals surface area contributed by atoms with Gasteiger partial charge in [0.1, 0.15) is 11.4 Å². The van der Waals surface area contributed by atoms with Crippen LogP contribution in [-0.4, -0.2) is 30.6 Å². The molecule has 2 aliphatic rings. The van der Waals surface area contributed by atoms with Crippen molar-refractivity contribution in [3.05, 3.63) is 28.8 Å². The molecular formula is C14H18ClNO. The monoisotopic (exact) mass is 251 g/mol. The summed E-state index contributed by atoms with van der Waals surface area (Å²) in [5, 5.41) is 0.812. The number of aryl methyl sites for hydroxylation is 1. The molecule has 0 aliphatic carbocycles. The van der Waals surface area contributed by atoms with Crippen molar-refractivity contribution >= 4 is 11.6 Å². The number of rotatable bonds is 0. The van der Waals surface area contributed by atoms with Crippen LogP contribution in [0.5, 0.6) is 5.75 Å². The van der Waals surface area contributed by atoms with Gasteiger partial charge in [0.05, 0.1) is 0 Å². The molecule has 1 spiro atoms. The highest BCUT2D eigenvalue weighted by Crippen LogP contribution is 2.39. The van der Waals surface area contributed by atoms with Crippen molar-refractivity contribution in [1.82, 2.24) is 4.90 Å². The fraction of sp³-hybridized carbons (Fsp3) is 0.571. The van der Waals surface area contributed by atoms with Crippen LogP contribution in [0.4, 0.5) is 0 Å². The zero-order valence-corrected chi connectivity index (χ0v) is 11.0. The molecule has 3 rings (SSSR count). The third-order valence-corrected chi connectivity index (χ3v) is 4.33. The molecule has 0 saturated carbocycles. The SMILES string of the molecule is CN1CCC2(CCc3cc(Cl)ccc3O2)CC1. The van der Waals surface area contributed by atoms with Crippen LogP contribution in [-0.2, 0) is 6.42 Å². The number of halogens is 1. The summed E-state index contributed by atoms with van der Waals surface area (Å²) in [6, 6.07) is 5.99. The van der Waals surface area contributed by atoms with Gasteiger partial charge in [-0.25, -0.2) is 0 Å². The smallest absolute Gasteiger partial charge is 0.123 e. The average molecular weight is 252 g/mol. The molecule has 1 aromatic carbocycles. The lowest BCUT2D eigenvalue weighted by molar-refractivity contribution is -0.00875. The summed E-state index contributed by atoms with van der Waals surface area (Å²) in [5.41, 5.74) is 1.36. The van der Waals surface area contributed by atoms with Crippen LogP contribution in [0.25, 0.3) is 0 Å². The molecule has 1 saturated heterocycles. The Labute approximate surface area is 108 Å². The van der Waals surface area contributed by atoms with Gasteiger partial charge in [0.25, 0.3) is 0 Å². The van der Waals surface area contributed by atoms with E-state index in [1.165, 1.54) is 5.56 Å². The molecule has 0 unspecified atom stereocenters. The maximum atomic E-state index is 6.28. The van der Waals surface area contributed by atoms with E-state index >= 15 is 0 Å². The van der Waals surface area contributed by atoms with E-state index < -0.39 is 0 Å².